The summed E-state index contributed by atoms with van der Waals surface area (Å²) in [5, 5.41) is 12.8. The molecule has 3 heteroatoms. The van der Waals surface area contributed by atoms with E-state index in [1.165, 1.54) is 32.1 Å². The Morgan fingerprint density at radius 2 is 1.88 bits per heavy atom. The number of rotatable bonds is 5. The van der Waals surface area contributed by atoms with Gasteiger partial charge in [-0.05, 0) is 37.5 Å². The van der Waals surface area contributed by atoms with Crippen LogP contribution in [-0.2, 0) is 4.79 Å². The number of nitrogens with one attached hydrogen (secondary N) is 1. The van der Waals surface area contributed by atoms with Crippen LogP contribution in [0.25, 0.3) is 0 Å². The smallest absolute Gasteiger partial charge is 0.220 e. The van der Waals surface area contributed by atoms with Crippen molar-refractivity contribution in [2.45, 2.75) is 57.5 Å². The molecule has 0 saturated heterocycles. The maximum absolute atomic E-state index is 11.5. The fourth-order valence-corrected chi connectivity index (χ4v) is 2.76. The van der Waals surface area contributed by atoms with E-state index >= 15 is 0 Å². The molecule has 0 heterocycles. The molecule has 0 spiro atoms. The molecule has 2 fully saturated rings. The summed E-state index contributed by atoms with van der Waals surface area (Å²) in [5.74, 6) is 1.16. The first kappa shape index (κ1) is 11.9. The van der Waals surface area contributed by atoms with Gasteiger partial charge in [-0.1, -0.05) is 19.3 Å². The lowest BCUT2D eigenvalue weighted by atomic mass is 9.83. The lowest BCUT2D eigenvalue weighted by molar-refractivity contribution is -0.123. The van der Waals surface area contributed by atoms with Crippen LogP contribution in [-0.4, -0.2) is 23.7 Å². The molecule has 0 bridgehead atoms. The van der Waals surface area contributed by atoms with Gasteiger partial charge in [0, 0.05) is 13.0 Å². The summed E-state index contributed by atoms with van der Waals surface area (Å²) < 4.78 is 0. The molecular weight excluding hydrogens is 202 g/mol. The summed E-state index contributed by atoms with van der Waals surface area (Å²) in [6.45, 7) is 0.455. The fourth-order valence-electron chi connectivity index (χ4n) is 2.76. The monoisotopic (exact) mass is 225 g/mol. The zero-order valence-corrected chi connectivity index (χ0v) is 9.95. The highest BCUT2D eigenvalue weighted by Gasteiger charge is 2.24. The van der Waals surface area contributed by atoms with Gasteiger partial charge >= 0.3 is 0 Å². The first-order chi connectivity index (χ1) is 7.75. The average molecular weight is 225 g/mol. The first-order valence-electron chi connectivity index (χ1n) is 6.70. The van der Waals surface area contributed by atoms with E-state index in [1.54, 1.807) is 0 Å². The normalized spacial score (nSPS) is 24.1. The standard InChI is InChI=1S/C13H23NO2/c15-12(11-6-1-2-7-11)9-14-13(16)8-10-4-3-5-10/h10-12,15H,1-9H2,(H,14,16). The zero-order chi connectivity index (χ0) is 11.4. The van der Waals surface area contributed by atoms with Crippen molar-refractivity contribution in [2.24, 2.45) is 11.8 Å². The molecule has 1 amide bonds. The van der Waals surface area contributed by atoms with Crippen LogP contribution in [0.3, 0.4) is 0 Å². The maximum atomic E-state index is 11.5. The van der Waals surface area contributed by atoms with Gasteiger partial charge in [0.05, 0.1) is 6.10 Å². The largest absolute Gasteiger partial charge is 0.391 e. The van der Waals surface area contributed by atoms with E-state index < -0.39 is 0 Å². The predicted molar refractivity (Wildman–Crippen MR) is 62.9 cm³/mol. The molecule has 0 aromatic heterocycles. The van der Waals surface area contributed by atoms with Crippen LogP contribution in [0.4, 0.5) is 0 Å². The van der Waals surface area contributed by atoms with Crippen molar-refractivity contribution >= 4 is 5.91 Å². The number of amides is 1. The van der Waals surface area contributed by atoms with Gasteiger partial charge in [0.15, 0.2) is 0 Å². The Labute approximate surface area is 97.6 Å². The fraction of sp³-hybridized carbons (Fsp3) is 0.923. The SMILES string of the molecule is O=C(CC1CCC1)NCC(O)C1CCCC1. The number of carbonyl (C=O) groups is 1. The van der Waals surface area contributed by atoms with E-state index in [4.69, 9.17) is 0 Å². The molecule has 2 aliphatic rings. The number of hydrogen-bond acceptors (Lipinski definition) is 2. The zero-order valence-electron chi connectivity index (χ0n) is 9.95. The molecule has 1 atom stereocenters. The van der Waals surface area contributed by atoms with Gasteiger partial charge in [0.1, 0.15) is 0 Å². The van der Waals surface area contributed by atoms with Crippen LogP contribution in [0.15, 0.2) is 0 Å². The third-order valence-electron chi connectivity index (χ3n) is 4.15. The Kier molecular flexibility index (Phi) is 4.22. The third-order valence-corrected chi connectivity index (χ3v) is 4.15. The van der Waals surface area contributed by atoms with E-state index in [0.717, 1.165) is 12.8 Å². The van der Waals surface area contributed by atoms with Crippen molar-refractivity contribution in [2.75, 3.05) is 6.54 Å². The summed E-state index contributed by atoms with van der Waals surface area (Å²) in [6, 6.07) is 0. The molecule has 2 rings (SSSR count). The minimum absolute atomic E-state index is 0.127. The van der Waals surface area contributed by atoms with E-state index in [-0.39, 0.29) is 12.0 Å². The van der Waals surface area contributed by atoms with Gasteiger partial charge in [0.25, 0.3) is 0 Å². The molecule has 3 nitrogen and oxygen atoms in total. The molecule has 16 heavy (non-hydrogen) atoms. The van der Waals surface area contributed by atoms with Crippen LogP contribution in [0.1, 0.15) is 51.4 Å². The average Bonchev–Trinajstić information content (AvgIpc) is 2.73. The lowest BCUT2D eigenvalue weighted by Crippen LogP contribution is -2.36. The predicted octanol–water partition coefficient (Wildman–Crippen LogP) is 1.84. The second kappa shape index (κ2) is 5.67. The summed E-state index contributed by atoms with van der Waals surface area (Å²) in [6.07, 6.45) is 8.75. The molecule has 2 aliphatic carbocycles. The van der Waals surface area contributed by atoms with Crippen molar-refractivity contribution in [3.05, 3.63) is 0 Å². The Bertz CT molecular complexity index is 232. The third kappa shape index (κ3) is 3.21. The van der Waals surface area contributed by atoms with Crippen LogP contribution >= 0.6 is 0 Å². The number of aliphatic hydroxyl groups is 1. The van der Waals surface area contributed by atoms with E-state index in [9.17, 15) is 9.90 Å². The summed E-state index contributed by atoms with van der Waals surface area (Å²) in [4.78, 5) is 11.5. The van der Waals surface area contributed by atoms with E-state index in [2.05, 4.69) is 5.32 Å². The summed E-state index contributed by atoms with van der Waals surface area (Å²) >= 11 is 0. The van der Waals surface area contributed by atoms with Crippen molar-refractivity contribution in [1.82, 2.24) is 5.32 Å². The molecule has 2 N–H and O–H groups in total. The maximum Gasteiger partial charge on any atom is 0.220 e. The van der Waals surface area contributed by atoms with Gasteiger partial charge in [-0.2, -0.15) is 0 Å². The second-order valence-corrected chi connectivity index (χ2v) is 5.42. The van der Waals surface area contributed by atoms with E-state index in [0.29, 0.717) is 24.8 Å². The lowest BCUT2D eigenvalue weighted by Gasteiger charge is -2.25. The Morgan fingerprint density at radius 1 is 1.19 bits per heavy atom. The van der Waals surface area contributed by atoms with Crippen molar-refractivity contribution in [1.29, 1.82) is 0 Å². The number of aliphatic hydroxyl groups excluding tert-OH is 1. The highest BCUT2D eigenvalue weighted by Crippen LogP contribution is 2.29. The molecular formula is C13H23NO2. The number of carbonyl (C=O) groups excluding carboxylic acids is 1. The van der Waals surface area contributed by atoms with Crippen molar-refractivity contribution < 1.29 is 9.90 Å². The first-order valence-corrected chi connectivity index (χ1v) is 6.70. The second-order valence-electron chi connectivity index (χ2n) is 5.42. The van der Waals surface area contributed by atoms with Crippen LogP contribution in [0.2, 0.25) is 0 Å². The number of hydrogen-bond donors (Lipinski definition) is 2. The molecule has 1 unspecified atom stereocenters. The molecule has 92 valence electrons. The van der Waals surface area contributed by atoms with Gasteiger partial charge in [-0.25, -0.2) is 0 Å². The topological polar surface area (TPSA) is 49.3 Å². The van der Waals surface area contributed by atoms with Crippen LogP contribution in [0, 0.1) is 11.8 Å². The van der Waals surface area contributed by atoms with Crippen LogP contribution in [0.5, 0.6) is 0 Å². The minimum Gasteiger partial charge on any atom is -0.391 e. The highest BCUT2D eigenvalue weighted by molar-refractivity contribution is 5.76. The minimum atomic E-state index is -0.326. The summed E-state index contributed by atoms with van der Waals surface area (Å²) in [5.41, 5.74) is 0. The Morgan fingerprint density at radius 3 is 2.44 bits per heavy atom. The Hall–Kier alpha value is -0.570. The van der Waals surface area contributed by atoms with Crippen LogP contribution < -0.4 is 5.32 Å². The van der Waals surface area contributed by atoms with Gasteiger partial charge in [-0.15, -0.1) is 0 Å². The molecule has 0 radical (unpaired) electrons. The van der Waals surface area contributed by atoms with Gasteiger partial charge < -0.3 is 10.4 Å². The van der Waals surface area contributed by atoms with E-state index in [1.807, 2.05) is 0 Å². The molecule has 0 aromatic rings. The van der Waals surface area contributed by atoms with Gasteiger partial charge in [-0.3, -0.25) is 4.79 Å². The molecule has 0 aromatic carbocycles. The summed E-state index contributed by atoms with van der Waals surface area (Å²) in [7, 11) is 0. The molecule has 2 saturated carbocycles. The van der Waals surface area contributed by atoms with Crippen molar-refractivity contribution in [3.63, 3.8) is 0 Å². The molecule has 0 aliphatic heterocycles. The van der Waals surface area contributed by atoms with Crippen molar-refractivity contribution in [3.8, 4) is 0 Å². The van der Waals surface area contributed by atoms with Gasteiger partial charge in [0.2, 0.25) is 5.91 Å². The Balaban J connectivity index is 1.59. The highest BCUT2D eigenvalue weighted by atomic mass is 16.3. The quantitative estimate of drug-likeness (QED) is 0.750.